The van der Waals surface area contributed by atoms with Gasteiger partial charge in [0.1, 0.15) is 0 Å². The molecule has 0 radical (unpaired) electrons. The summed E-state index contributed by atoms with van der Waals surface area (Å²) < 4.78 is 0. The van der Waals surface area contributed by atoms with Crippen LogP contribution in [0, 0.1) is 0 Å². The Morgan fingerprint density at radius 2 is 1.60 bits per heavy atom. The number of benzene rings is 1. The van der Waals surface area contributed by atoms with Crippen LogP contribution in [-0.4, -0.2) is 13.1 Å². The van der Waals surface area contributed by atoms with Gasteiger partial charge in [0.2, 0.25) is 0 Å². The molecule has 1 aliphatic heterocycles. The predicted molar refractivity (Wildman–Crippen MR) is 65.4 cm³/mol. The lowest BCUT2D eigenvalue weighted by Crippen LogP contribution is -2.54. The number of hydrogen-bond donors (Lipinski definition) is 1. The summed E-state index contributed by atoms with van der Waals surface area (Å²) >= 11 is 0. The van der Waals surface area contributed by atoms with E-state index in [1.807, 2.05) is 0 Å². The van der Waals surface area contributed by atoms with E-state index in [4.69, 9.17) is 0 Å². The van der Waals surface area contributed by atoms with Gasteiger partial charge in [0.25, 0.3) is 0 Å². The minimum Gasteiger partial charge on any atom is -0.315 e. The normalized spacial score (nSPS) is 19.7. The van der Waals surface area contributed by atoms with Crippen molar-refractivity contribution in [3.05, 3.63) is 35.4 Å². The molecule has 1 fully saturated rings. The van der Waals surface area contributed by atoms with Crippen LogP contribution in [0.5, 0.6) is 0 Å². The third-order valence-electron chi connectivity index (χ3n) is 3.48. The summed E-state index contributed by atoms with van der Waals surface area (Å²) in [5.74, 6) is 0. The summed E-state index contributed by atoms with van der Waals surface area (Å²) in [7, 11) is 0. The van der Waals surface area contributed by atoms with Crippen LogP contribution in [0.25, 0.3) is 0 Å². The minimum absolute atomic E-state index is 0.261. The van der Waals surface area contributed by atoms with Gasteiger partial charge in [0.05, 0.1) is 0 Å². The molecule has 0 atom stereocenters. The van der Waals surface area contributed by atoms with Crippen LogP contribution in [0.2, 0.25) is 0 Å². The second kappa shape index (κ2) is 3.34. The largest absolute Gasteiger partial charge is 0.315 e. The van der Waals surface area contributed by atoms with Gasteiger partial charge in [-0.15, -0.1) is 0 Å². The van der Waals surface area contributed by atoms with Crippen molar-refractivity contribution in [1.29, 1.82) is 0 Å². The predicted octanol–water partition coefficient (Wildman–Crippen LogP) is 2.85. The maximum atomic E-state index is 3.35. The van der Waals surface area contributed by atoms with Crippen LogP contribution in [-0.2, 0) is 10.8 Å². The van der Waals surface area contributed by atoms with Crippen LogP contribution in [0.4, 0.5) is 0 Å². The van der Waals surface area contributed by atoms with Crippen LogP contribution < -0.4 is 5.32 Å². The Kier molecular flexibility index (Phi) is 2.38. The van der Waals surface area contributed by atoms with Gasteiger partial charge in [0, 0.05) is 18.5 Å². The highest BCUT2D eigenvalue weighted by Gasteiger charge is 2.33. The fraction of sp³-hybridized carbons (Fsp3) is 0.571. The fourth-order valence-corrected chi connectivity index (χ4v) is 2.08. The first-order valence-corrected chi connectivity index (χ1v) is 5.74. The molecule has 0 aromatic heterocycles. The summed E-state index contributed by atoms with van der Waals surface area (Å²) in [6, 6.07) is 9.14. The summed E-state index contributed by atoms with van der Waals surface area (Å²) in [6.45, 7) is 11.3. The quantitative estimate of drug-likeness (QED) is 0.740. The van der Waals surface area contributed by atoms with Gasteiger partial charge in [-0.25, -0.2) is 0 Å². The van der Waals surface area contributed by atoms with Gasteiger partial charge >= 0.3 is 0 Å². The summed E-state index contributed by atoms with van der Waals surface area (Å²) in [5.41, 5.74) is 3.52. The van der Waals surface area contributed by atoms with Crippen LogP contribution in [0.3, 0.4) is 0 Å². The maximum absolute atomic E-state index is 3.35. The average Bonchev–Trinajstić information content (AvgIpc) is 2.13. The lowest BCUT2D eigenvalue weighted by atomic mass is 9.76. The van der Waals surface area contributed by atoms with Crippen molar-refractivity contribution >= 4 is 0 Å². The second-order valence-electron chi connectivity index (χ2n) is 5.99. The molecule has 0 unspecified atom stereocenters. The average molecular weight is 203 g/mol. The van der Waals surface area contributed by atoms with E-state index in [1.165, 1.54) is 11.1 Å². The molecule has 1 N–H and O–H groups in total. The van der Waals surface area contributed by atoms with Gasteiger partial charge < -0.3 is 5.32 Å². The van der Waals surface area contributed by atoms with E-state index in [9.17, 15) is 0 Å². The molecule has 1 saturated heterocycles. The van der Waals surface area contributed by atoms with Crippen molar-refractivity contribution in [2.45, 2.75) is 38.5 Å². The number of hydrogen-bond acceptors (Lipinski definition) is 1. The molecule has 1 heterocycles. The Balaban J connectivity index is 2.24. The summed E-state index contributed by atoms with van der Waals surface area (Å²) in [4.78, 5) is 0. The zero-order valence-corrected chi connectivity index (χ0v) is 10.2. The monoisotopic (exact) mass is 203 g/mol. The zero-order chi connectivity index (χ0) is 11.1. The number of rotatable bonds is 1. The van der Waals surface area contributed by atoms with Crippen LogP contribution in [0.15, 0.2) is 24.3 Å². The van der Waals surface area contributed by atoms with Crippen molar-refractivity contribution in [2.24, 2.45) is 0 Å². The SMILES string of the molecule is CC(C)(C)c1ccc(C2(C)CNC2)cc1. The zero-order valence-electron chi connectivity index (χ0n) is 10.2. The molecule has 0 spiro atoms. The molecule has 1 aromatic rings. The highest BCUT2D eigenvalue weighted by atomic mass is 15.0. The van der Waals surface area contributed by atoms with Crippen molar-refractivity contribution in [2.75, 3.05) is 13.1 Å². The van der Waals surface area contributed by atoms with Gasteiger partial charge in [-0.05, 0) is 16.5 Å². The number of nitrogens with one attached hydrogen (secondary N) is 1. The third kappa shape index (κ3) is 1.93. The maximum Gasteiger partial charge on any atom is 0.0174 e. The molecule has 82 valence electrons. The lowest BCUT2D eigenvalue weighted by Gasteiger charge is -2.40. The Hall–Kier alpha value is -0.820. The fourth-order valence-electron chi connectivity index (χ4n) is 2.08. The summed E-state index contributed by atoms with van der Waals surface area (Å²) in [5, 5.41) is 3.35. The molecule has 1 heteroatoms. The lowest BCUT2D eigenvalue weighted by molar-refractivity contribution is 0.305. The molecule has 1 aromatic carbocycles. The Morgan fingerprint density at radius 1 is 1.07 bits per heavy atom. The molecule has 0 amide bonds. The molecule has 2 rings (SSSR count). The van der Waals surface area contributed by atoms with E-state index in [1.54, 1.807) is 0 Å². The molecular weight excluding hydrogens is 182 g/mol. The van der Waals surface area contributed by atoms with E-state index >= 15 is 0 Å². The highest BCUT2D eigenvalue weighted by molar-refractivity contribution is 5.34. The third-order valence-corrected chi connectivity index (χ3v) is 3.48. The smallest absolute Gasteiger partial charge is 0.0174 e. The van der Waals surface area contributed by atoms with Crippen LogP contribution in [0.1, 0.15) is 38.8 Å². The first-order chi connectivity index (χ1) is 6.92. The van der Waals surface area contributed by atoms with Gasteiger partial charge in [-0.2, -0.15) is 0 Å². The van der Waals surface area contributed by atoms with Crippen molar-refractivity contribution in [3.8, 4) is 0 Å². The van der Waals surface area contributed by atoms with Crippen molar-refractivity contribution in [1.82, 2.24) is 5.32 Å². The van der Waals surface area contributed by atoms with E-state index in [0.29, 0.717) is 5.41 Å². The van der Waals surface area contributed by atoms with E-state index in [0.717, 1.165) is 13.1 Å². The topological polar surface area (TPSA) is 12.0 Å². The summed E-state index contributed by atoms with van der Waals surface area (Å²) in [6.07, 6.45) is 0. The van der Waals surface area contributed by atoms with Crippen molar-refractivity contribution in [3.63, 3.8) is 0 Å². The molecule has 1 nitrogen and oxygen atoms in total. The van der Waals surface area contributed by atoms with Crippen LogP contribution >= 0.6 is 0 Å². The van der Waals surface area contributed by atoms with Gasteiger partial charge in [0.15, 0.2) is 0 Å². The molecule has 0 aliphatic carbocycles. The van der Waals surface area contributed by atoms with Gasteiger partial charge in [-0.3, -0.25) is 0 Å². The molecular formula is C14H21N. The first-order valence-electron chi connectivity index (χ1n) is 5.74. The Morgan fingerprint density at radius 3 is 1.93 bits per heavy atom. The van der Waals surface area contributed by atoms with Gasteiger partial charge in [-0.1, -0.05) is 52.0 Å². The van der Waals surface area contributed by atoms with E-state index in [-0.39, 0.29) is 5.41 Å². The molecule has 0 saturated carbocycles. The second-order valence-corrected chi connectivity index (χ2v) is 5.99. The first kappa shape index (κ1) is 10.7. The molecule has 0 bridgehead atoms. The Bertz CT molecular complexity index is 339. The Labute approximate surface area is 92.9 Å². The van der Waals surface area contributed by atoms with Crippen molar-refractivity contribution < 1.29 is 0 Å². The molecule has 1 aliphatic rings. The highest BCUT2D eigenvalue weighted by Crippen LogP contribution is 2.30. The minimum atomic E-state index is 0.261. The molecule has 15 heavy (non-hydrogen) atoms. The van der Waals surface area contributed by atoms with E-state index < -0.39 is 0 Å². The van der Waals surface area contributed by atoms with E-state index in [2.05, 4.69) is 57.3 Å². The standard InChI is InChI=1S/C14H21N/c1-13(2,3)11-5-7-12(8-6-11)14(4)9-15-10-14/h5-8,15H,9-10H2,1-4H3.